The second-order valence-electron chi connectivity index (χ2n) is 6.49. The number of carbonyl (C=O) groups excluding carboxylic acids is 1. The number of amides is 1. The normalized spacial score (nSPS) is 15.4. The van der Waals surface area contributed by atoms with Crippen LogP contribution in [-0.4, -0.2) is 48.4 Å². The van der Waals surface area contributed by atoms with Crippen LogP contribution < -0.4 is 4.72 Å². The molecule has 2 aromatic carbocycles. The zero-order valence-electron chi connectivity index (χ0n) is 14.8. The maximum atomic E-state index is 12.5. The van der Waals surface area contributed by atoms with E-state index in [1.807, 2.05) is 0 Å². The molecule has 0 saturated carbocycles. The highest BCUT2D eigenvalue weighted by Gasteiger charge is 2.27. The number of nitrogens with zero attached hydrogens (tertiary/aromatic N) is 2. The number of aromatic hydroxyl groups is 1. The van der Waals surface area contributed by atoms with Crippen molar-refractivity contribution in [1.29, 1.82) is 0 Å². The summed E-state index contributed by atoms with van der Waals surface area (Å²) in [5.41, 5.74) is 0.197. The molecule has 0 radical (unpaired) electrons. The molecule has 1 fully saturated rings. The molecule has 10 heteroatoms. The van der Waals surface area contributed by atoms with Gasteiger partial charge in [-0.3, -0.25) is 14.9 Å². The van der Waals surface area contributed by atoms with Gasteiger partial charge in [-0.2, -0.15) is 0 Å². The Bertz CT molecular complexity index is 983. The van der Waals surface area contributed by atoms with E-state index in [0.717, 1.165) is 12.1 Å². The first-order valence-corrected chi connectivity index (χ1v) is 10.1. The van der Waals surface area contributed by atoms with E-state index in [2.05, 4.69) is 4.72 Å². The number of hydrogen-bond donors (Lipinski definition) is 2. The number of likely N-dealkylation sites (tertiary alicyclic amines) is 1. The van der Waals surface area contributed by atoms with Crippen molar-refractivity contribution < 1.29 is 23.2 Å². The van der Waals surface area contributed by atoms with E-state index in [1.54, 1.807) is 17.0 Å². The summed E-state index contributed by atoms with van der Waals surface area (Å²) in [6, 6.07) is 10.4. The molecule has 1 aliphatic rings. The van der Waals surface area contributed by atoms with Crippen molar-refractivity contribution in [3.8, 4) is 5.75 Å². The van der Waals surface area contributed by atoms with Gasteiger partial charge in [0, 0.05) is 36.8 Å². The SMILES string of the molecule is O=C(c1cccc(O)c1)N1CCC(NS(=O)(=O)c2ccc([N+](=O)[O-])cc2)CC1. The zero-order chi connectivity index (χ0) is 20.3. The summed E-state index contributed by atoms with van der Waals surface area (Å²) in [6.45, 7) is 0.754. The molecule has 2 N–H and O–H groups in total. The minimum absolute atomic E-state index is 0.0107. The lowest BCUT2D eigenvalue weighted by Gasteiger charge is -2.32. The van der Waals surface area contributed by atoms with Crippen LogP contribution in [-0.2, 0) is 10.0 Å². The third kappa shape index (κ3) is 4.46. The highest BCUT2D eigenvalue weighted by atomic mass is 32.2. The molecule has 0 atom stereocenters. The van der Waals surface area contributed by atoms with E-state index in [4.69, 9.17) is 0 Å². The predicted octanol–water partition coefficient (Wildman–Crippen LogP) is 1.88. The molecule has 1 aliphatic heterocycles. The topological polar surface area (TPSA) is 130 Å². The van der Waals surface area contributed by atoms with Gasteiger partial charge in [0.25, 0.3) is 11.6 Å². The van der Waals surface area contributed by atoms with Crippen LogP contribution in [0.25, 0.3) is 0 Å². The first-order valence-electron chi connectivity index (χ1n) is 8.61. The van der Waals surface area contributed by atoms with Crippen LogP contribution in [0.5, 0.6) is 5.75 Å². The summed E-state index contributed by atoms with van der Waals surface area (Å²) in [6.07, 6.45) is 0.882. The predicted molar refractivity (Wildman–Crippen MR) is 100 cm³/mol. The minimum Gasteiger partial charge on any atom is -0.508 e. The average Bonchev–Trinajstić information content (AvgIpc) is 2.68. The summed E-state index contributed by atoms with van der Waals surface area (Å²) >= 11 is 0. The van der Waals surface area contributed by atoms with Crippen LogP contribution in [0.1, 0.15) is 23.2 Å². The summed E-state index contributed by atoms with van der Waals surface area (Å²) in [4.78, 5) is 24.1. The van der Waals surface area contributed by atoms with Crippen LogP contribution in [0, 0.1) is 10.1 Å². The molecule has 1 saturated heterocycles. The fraction of sp³-hybridized carbons (Fsp3) is 0.278. The molecule has 148 valence electrons. The second-order valence-corrected chi connectivity index (χ2v) is 8.20. The van der Waals surface area contributed by atoms with Crippen molar-refractivity contribution in [2.45, 2.75) is 23.8 Å². The molecule has 1 amide bonds. The van der Waals surface area contributed by atoms with E-state index < -0.39 is 14.9 Å². The molecule has 0 spiro atoms. The standard InChI is InChI=1S/C18H19N3O6S/c22-16-3-1-2-13(12-16)18(23)20-10-8-14(9-11-20)19-28(26,27)17-6-4-15(5-7-17)21(24)25/h1-7,12,14,19,22H,8-11H2. The quantitative estimate of drug-likeness (QED) is 0.577. The number of carbonyl (C=O) groups is 1. The lowest BCUT2D eigenvalue weighted by atomic mass is 10.0. The summed E-state index contributed by atoms with van der Waals surface area (Å²) in [7, 11) is -3.81. The largest absolute Gasteiger partial charge is 0.508 e. The number of sulfonamides is 1. The van der Waals surface area contributed by atoms with Crippen LogP contribution >= 0.6 is 0 Å². The van der Waals surface area contributed by atoms with Crippen molar-refractivity contribution in [3.05, 3.63) is 64.2 Å². The summed E-state index contributed by atoms with van der Waals surface area (Å²) < 4.78 is 27.5. The van der Waals surface area contributed by atoms with Crippen molar-refractivity contribution >= 4 is 21.6 Å². The van der Waals surface area contributed by atoms with E-state index in [-0.39, 0.29) is 28.3 Å². The highest BCUT2D eigenvalue weighted by molar-refractivity contribution is 7.89. The molecule has 9 nitrogen and oxygen atoms in total. The number of nitro groups is 1. The van der Waals surface area contributed by atoms with Gasteiger partial charge in [0.05, 0.1) is 9.82 Å². The molecule has 0 bridgehead atoms. The van der Waals surface area contributed by atoms with Crippen molar-refractivity contribution in [1.82, 2.24) is 9.62 Å². The monoisotopic (exact) mass is 405 g/mol. The summed E-state index contributed by atoms with van der Waals surface area (Å²) in [5, 5.41) is 20.2. The fourth-order valence-corrected chi connectivity index (χ4v) is 4.36. The maximum Gasteiger partial charge on any atom is 0.269 e. The molecular weight excluding hydrogens is 386 g/mol. The van der Waals surface area contributed by atoms with E-state index in [1.165, 1.54) is 24.3 Å². The number of nitrogens with one attached hydrogen (secondary N) is 1. The number of rotatable bonds is 5. The van der Waals surface area contributed by atoms with Gasteiger partial charge in [0.1, 0.15) is 5.75 Å². The molecule has 0 aromatic heterocycles. The van der Waals surface area contributed by atoms with Gasteiger partial charge in [-0.15, -0.1) is 0 Å². The number of benzene rings is 2. The van der Waals surface area contributed by atoms with Gasteiger partial charge in [-0.25, -0.2) is 13.1 Å². The Morgan fingerprint density at radius 2 is 1.79 bits per heavy atom. The van der Waals surface area contributed by atoms with Crippen LogP contribution in [0.4, 0.5) is 5.69 Å². The molecule has 0 unspecified atom stereocenters. The number of non-ortho nitro benzene ring substituents is 1. The Morgan fingerprint density at radius 3 is 2.36 bits per heavy atom. The van der Waals surface area contributed by atoms with Gasteiger partial charge < -0.3 is 10.0 Å². The minimum atomic E-state index is -3.81. The second kappa shape index (κ2) is 7.95. The Kier molecular flexibility index (Phi) is 5.61. The van der Waals surface area contributed by atoms with Crippen LogP contribution in [0.15, 0.2) is 53.4 Å². The van der Waals surface area contributed by atoms with E-state index >= 15 is 0 Å². The molecule has 2 aromatic rings. The lowest BCUT2D eigenvalue weighted by molar-refractivity contribution is -0.384. The summed E-state index contributed by atoms with van der Waals surface area (Å²) in [5.74, 6) is -0.204. The van der Waals surface area contributed by atoms with Crippen molar-refractivity contribution in [3.63, 3.8) is 0 Å². The van der Waals surface area contributed by atoms with Crippen LogP contribution in [0.3, 0.4) is 0 Å². The van der Waals surface area contributed by atoms with Gasteiger partial charge >= 0.3 is 0 Å². The van der Waals surface area contributed by atoms with E-state index in [9.17, 15) is 28.4 Å². The number of hydrogen-bond acceptors (Lipinski definition) is 6. The molecule has 3 rings (SSSR count). The highest BCUT2D eigenvalue weighted by Crippen LogP contribution is 2.20. The Balaban J connectivity index is 1.60. The first kappa shape index (κ1) is 19.8. The molecule has 28 heavy (non-hydrogen) atoms. The third-order valence-corrected chi connectivity index (χ3v) is 6.09. The number of piperidine rings is 1. The first-order chi connectivity index (χ1) is 13.3. The van der Waals surface area contributed by atoms with Gasteiger partial charge in [-0.1, -0.05) is 6.07 Å². The van der Waals surface area contributed by atoms with Gasteiger partial charge in [-0.05, 0) is 43.2 Å². The number of nitro benzene ring substituents is 1. The van der Waals surface area contributed by atoms with Gasteiger partial charge in [0.15, 0.2) is 0 Å². The molecular formula is C18H19N3O6S. The average molecular weight is 405 g/mol. The maximum absolute atomic E-state index is 12.5. The third-order valence-electron chi connectivity index (χ3n) is 4.55. The smallest absolute Gasteiger partial charge is 0.269 e. The number of phenolic OH excluding ortho intramolecular Hbond substituents is 1. The van der Waals surface area contributed by atoms with Gasteiger partial charge in [0.2, 0.25) is 10.0 Å². The molecule has 0 aliphatic carbocycles. The fourth-order valence-electron chi connectivity index (χ4n) is 3.06. The number of phenols is 1. The Labute approximate surface area is 161 Å². The Morgan fingerprint density at radius 1 is 1.14 bits per heavy atom. The molecule has 1 heterocycles. The lowest BCUT2D eigenvalue weighted by Crippen LogP contribution is -2.46. The van der Waals surface area contributed by atoms with Crippen LogP contribution in [0.2, 0.25) is 0 Å². The van der Waals surface area contributed by atoms with Crippen molar-refractivity contribution in [2.24, 2.45) is 0 Å². The van der Waals surface area contributed by atoms with E-state index in [0.29, 0.717) is 31.5 Å². The zero-order valence-corrected chi connectivity index (χ0v) is 15.6. The Hall–Kier alpha value is -2.98. The van der Waals surface area contributed by atoms with Crippen molar-refractivity contribution in [2.75, 3.05) is 13.1 Å².